The van der Waals surface area contributed by atoms with Crippen LogP contribution in [0.15, 0.2) is 35.3 Å². The maximum Gasteiger partial charge on any atom is 0.194 e. The van der Waals surface area contributed by atoms with Gasteiger partial charge in [-0.25, -0.2) is 0 Å². The first-order chi connectivity index (χ1) is 12.3. The Labute approximate surface area is 152 Å². The number of rotatable bonds is 8. The number of nitrogens with one attached hydrogen (secondary N) is 1. The van der Waals surface area contributed by atoms with Crippen molar-refractivity contribution in [3.05, 3.63) is 30.3 Å². The zero-order valence-corrected chi connectivity index (χ0v) is 15.8. The van der Waals surface area contributed by atoms with Crippen LogP contribution in [0.1, 0.15) is 33.1 Å². The summed E-state index contributed by atoms with van der Waals surface area (Å²) < 4.78 is 0. The number of hydrogen-bond donors (Lipinski definition) is 2. The first-order valence-corrected chi connectivity index (χ1v) is 9.72. The van der Waals surface area contributed by atoms with E-state index in [2.05, 4.69) is 59.3 Å². The Morgan fingerprint density at radius 2 is 1.84 bits per heavy atom. The molecule has 5 heteroatoms. The molecule has 2 rings (SSSR count). The second-order valence-corrected chi connectivity index (χ2v) is 6.67. The molecule has 1 aromatic rings. The number of aliphatic imine (C=N–C) groups is 1. The Morgan fingerprint density at radius 1 is 1.12 bits per heavy atom. The summed E-state index contributed by atoms with van der Waals surface area (Å²) in [5, 5.41) is 12.7. The molecule has 0 amide bonds. The van der Waals surface area contributed by atoms with E-state index in [-0.39, 0.29) is 6.61 Å². The first-order valence-electron chi connectivity index (χ1n) is 9.72. The molecule has 0 spiro atoms. The van der Waals surface area contributed by atoms with E-state index in [0.29, 0.717) is 5.92 Å². The monoisotopic (exact) mass is 346 g/mol. The van der Waals surface area contributed by atoms with Gasteiger partial charge >= 0.3 is 0 Å². The summed E-state index contributed by atoms with van der Waals surface area (Å²) in [6.07, 6.45) is 3.12. The van der Waals surface area contributed by atoms with Crippen molar-refractivity contribution in [2.24, 2.45) is 10.9 Å². The van der Waals surface area contributed by atoms with Gasteiger partial charge in [0.2, 0.25) is 0 Å². The molecule has 140 valence electrons. The van der Waals surface area contributed by atoms with Gasteiger partial charge in [-0.1, -0.05) is 31.5 Å². The van der Waals surface area contributed by atoms with Crippen LogP contribution in [0.3, 0.4) is 0 Å². The highest BCUT2D eigenvalue weighted by molar-refractivity contribution is 5.80. The van der Waals surface area contributed by atoms with Gasteiger partial charge in [0.05, 0.1) is 0 Å². The minimum absolute atomic E-state index is 0.256. The van der Waals surface area contributed by atoms with Crippen molar-refractivity contribution in [1.82, 2.24) is 10.2 Å². The van der Waals surface area contributed by atoms with Crippen LogP contribution in [-0.2, 0) is 0 Å². The number of aliphatic hydroxyl groups excluding tert-OH is 1. The van der Waals surface area contributed by atoms with Crippen LogP contribution in [0, 0.1) is 5.92 Å². The number of hydrogen-bond acceptors (Lipinski definition) is 3. The van der Waals surface area contributed by atoms with Crippen LogP contribution in [-0.4, -0.2) is 61.8 Å². The van der Waals surface area contributed by atoms with E-state index >= 15 is 0 Å². The molecular weight excluding hydrogens is 312 g/mol. The lowest BCUT2D eigenvalue weighted by molar-refractivity contribution is 0.253. The Hall–Kier alpha value is -1.75. The van der Waals surface area contributed by atoms with E-state index in [9.17, 15) is 5.11 Å². The van der Waals surface area contributed by atoms with E-state index in [1.807, 2.05) is 0 Å². The zero-order valence-electron chi connectivity index (χ0n) is 15.8. The summed E-state index contributed by atoms with van der Waals surface area (Å²) in [4.78, 5) is 9.68. The summed E-state index contributed by atoms with van der Waals surface area (Å²) in [5.41, 5.74) is 1.30. The Balaban J connectivity index is 1.93. The third-order valence-electron chi connectivity index (χ3n) is 4.77. The van der Waals surface area contributed by atoms with E-state index in [1.54, 1.807) is 0 Å². The van der Waals surface area contributed by atoms with Crippen molar-refractivity contribution < 1.29 is 5.11 Å². The van der Waals surface area contributed by atoms with Gasteiger partial charge in [-0.2, -0.15) is 0 Å². The van der Waals surface area contributed by atoms with Crippen LogP contribution in [0.4, 0.5) is 5.69 Å². The fourth-order valence-electron chi connectivity index (χ4n) is 3.37. The third-order valence-corrected chi connectivity index (χ3v) is 4.77. The molecule has 5 nitrogen and oxygen atoms in total. The summed E-state index contributed by atoms with van der Waals surface area (Å²) in [6.45, 7) is 10.3. The van der Waals surface area contributed by atoms with Crippen molar-refractivity contribution in [1.29, 1.82) is 0 Å². The topological polar surface area (TPSA) is 51.1 Å². The van der Waals surface area contributed by atoms with E-state index < -0.39 is 0 Å². The summed E-state index contributed by atoms with van der Waals surface area (Å²) in [7, 11) is 0. The van der Waals surface area contributed by atoms with Crippen LogP contribution in [0.2, 0.25) is 0 Å². The molecule has 2 N–H and O–H groups in total. The van der Waals surface area contributed by atoms with Crippen LogP contribution >= 0.6 is 0 Å². The van der Waals surface area contributed by atoms with Gasteiger partial charge < -0.3 is 20.2 Å². The van der Waals surface area contributed by atoms with Gasteiger partial charge in [0.25, 0.3) is 0 Å². The van der Waals surface area contributed by atoms with Crippen molar-refractivity contribution in [3.8, 4) is 0 Å². The van der Waals surface area contributed by atoms with Gasteiger partial charge in [0.1, 0.15) is 0 Å². The van der Waals surface area contributed by atoms with Crippen LogP contribution in [0.5, 0.6) is 0 Å². The molecule has 0 radical (unpaired) electrons. The minimum atomic E-state index is 0.256. The van der Waals surface area contributed by atoms with Crippen LogP contribution in [0.25, 0.3) is 0 Å². The molecule has 1 unspecified atom stereocenters. The molecule has 1 aliphatic heterocycles. The number of piperazine rings is 1. The average molecular weight is 347 g/mol. The number of para-hydroxylation sites is 1. The maximum absolute atomic E-state index is 9.24. The lowest BCUT2D eigenvalue weighted by atomic mass is 10.0. The number of nitrogens with zero attached hydrogens (tertiary/aromatic N) is 3. The number of benzene rings is 1. The highest BCUT2D eigenvalue weighted by Gasteiger charge is 2.20. The average Bonchev–Trinajstić information content (AvgIpc) is 2.66. The van der Waals surface area contributed by atoms with Gasteiger partial charge in [0, 0.05) is 51.6 Å². The Morgan fingerprint density at radius 3 is 2.44 bits per heavy atom. The normalized spacial score (nSPS) is 16.8. The first kappa shape index (κ1) is 19.6. The van der Waals surface area contributed by atoms with Gasteiger partial charge in [0.15, 0.2) is 5.96 Å². The summed E-state index contributed by atoms with van der Waals surface area (Å²) in [6, 6.07) is 10.6. The van der Waals surface area contributed by atoms with Gasteiger partial charge in [-0.3, -0.25) is 4.99 Å². The third kappa shape index (κ3) is 6.24. The van der Waals surface area contributed by atoms with Crippen molar-refractivity contribution >= 4 is 11.6 Å². The lowest BCUT2D eigenvalue weighted by Crippen LogP contribution is -2.52. The molecule has 0 bridgehead atoms. The SMILES string of the molecule is CCCC(CCO)CN=C(NCC)N1CCN(c2ccccc2)CC1. The maximum atomic E-state index is 9.24. The molecule has 1 atom stereocenters. The van der Waals surface area contributed by atoms with Crippen molar-refractivity contribution in [2.75, 3.05) is 50.8 Å². The Bertz CT molecular complexity index is 492. The fourth-order valence-corrected chi connectivity index (χ4v) is 3.37. The van der Waals surface area contributed by atoms with Crippen molar-refractivity contribution in [2.45, 2.75) is 33.1 Å². The zero-order chi connectivity index (χ0) is 17.9. The molecule has 1 saturated heterocycles. The molecule has 0 saturated carbocycles. The predicted molar refractivity (Wildman–Crippen MR) is 106 cm³/mol. The Kier molecular flexibility index (Phi) is 8.60. The number of guanidine groups is 1. The highest BCUT2D eigenvalue weighted by atomic mass is 16.3. The fraction of sp³-hybridized carbons (Fsp3) is 0.650. The minimum Gasteiger partial charge on any atom is -0.396 e. The molecular formula is C20H34N4O. The molecule has 1 aromatic carbocycles. The lowest BCUT2D eigenvalue weighted by Gasteiger charge is -2.37. The highest BCUT2D eigenvalue weighted by Crippen LogP contribution is 2.16. The molecule has 0 aliphatic carbocycles. The summed E-state index contributed by atoms with van der Waals surface area (Å²) >= 11 is 0. The largest absolute Gasteiger partial charge is 0.396 e. The summed E-state index contributed by atoms with van der Waals surface area (Å²) in [5.74, 6) is 1.50. The number of aliphatic hydroxyl groups is 1. The molecule has 1 fully saturated rings. The molecule has 25 heavy (non-hydrogen) atoms. The van der Waals surface area contributed by atoms with Crippen LogP contribution < -0.4 is 10.2 Å². The standard InChI is InChI=1S/C20H34N4O/c1-3-8-18(11-16-25)17-22-20(21-4-2)24-14-12-23(13-15-24)19-9-6-5-7-10-19/h5-7,9-10,18,25H,3-4,8,11-17H2,1-2H3,(H,21,22). The quantitative estimate of drug-likeness (QED) is 0.561. The smallest absolute Gasteiger partial charge is 0.194 e. The predicted octanol–water partition coefficient (Wildman–Crippen LogP) is 2.57. The van der Waals surface area contributed by atoms with E-state index in [4.69, 9.17) is 4.99 Å². The van der Waals surface area contributed by atoms with E-state index in [0.717, 1.165) is 64.5 Å². The molecule has 1 heterocycles. The van der Waals surface area contributed by atoms with Gasteiger partial charge in [-0.15, -0.1) is 0 Å². The second-order valence-electron chi connectivity index (χ2n) is 6.67. The van der Waals surface area contributed by atoms with E-state index in [1.165, 1.54) is 5.69 Å². The number of anilines is 1. The van der Waals surface area contributed by atoms with Crippen molar-refractivity contribution in [3.63, 3.8) is 0 Å². The second kappa shape index (κ2) is 11.0. The molecule has 1 aliphatic rings. The molecule has 0 aromatic heterocycles. The van der Waals surface area contributed by atoms with Gasteiger partial charge in [-0.05, 0) is 37.8 Å².